The summed E-state index contributed by atoms with van der Waals surface area (Å²) in [4.78, 5) is 0.296. The van der Waals surface area contributed by atoms with Crippen LogP contribution in [0.15, 0.2) is 117 Å². The number of hydrogen-bond acceptors (Lipinski definition) is 8. The van der Waals surface area contributed by atoms with Crippen molar-refractivity contribution in [3.8, 4) is 23.0 Å². The zero-order valence-corrected chi connectivity index (χ0v) is 23.4. The first-order chi connectivity index (χ1) is 19.1. The number of hydrogen-bond donors (Lipinski definition) is 2. The minimum absolute atomic E-state index is 0.0228. The average Bonchev–Trinajstić information content (AvgIpc) is 2.94. The number of aromatic hydroxyl groups is 2. The van der Waals surface area contributed by atoms with E-state index in [9.17, 15) is 27.0 Å². The molecule has 0 bridgehead atoms. The summed E-state index contributed by atoms with van der Waals surface area (Å²) < 4.78 is 63.7. The summed E-state index contributed by atoms with van der Waals surface area (Å²) in [7, 11) is -7.53. The summed E-state index contributed by atoms with van der Waals surface area (Å²) in [5.41, 5.74) is 0. The van der Waals surface area contributed by atoms with Crippen molar-refractivity contribution >= 4 is 19.7 Å². The Morgan fingerprint density at radius 2 is 0.875 bits per heavy atom. The van der Waals surface area contributed by atoms with Crippen molar-refractivity contribution in [1.82, 2.24) is 0 Å². The summed E-state index contributed by atoms with van der Waals surface area (Å²) in [5, 5.41) is 18.9. The van der Waals surface area contributed by atoms with Gasteiger partial charge in [-0.05, 0) is 103 Å². The molecule has 0 aromatic heterocycles. The Labute approximate surface area is 234 Å². The van der Waals surface area contributed by atoms with Gasteiger partial charge in [-0.25, -0.2) is 16.8 Å². The van der Waals surface area contributed by atoms with Gasteiger partial charge in [0, 0.05) is 6.42 Å². The quantitative estimate of drug-likeness (QED) is 0.151. The van der Waals surface area contributed by atoms with E-state index in [2.05, 4.69) is 6.92 Å². The van der Waals surface area contributed by atoms with Crippen LogP contribution in [0.25, 0.3) is 0 Å². The van der Waals surface area contributed by atoms with Crippen LogP contribution in [0.3, 0.4) is 0 Å². The van der Waals surface area contributed by atoms with E-state index in [4.69, 9.17) is 9.47 Å². The largest absolute Gasteiger partial charge is 0.508 e. The van der Waals surface area contributed by atoms with Crippen LogP contribution in [-0.2, 0) is 19.7 Å². The first-order valence-corrected chi connectivity index (χ1v) is 15.7. The number of phenolic OH excluding ortho intramolecular Hbond substituents is 2. The molecule has 0 saturated heterocycles. The molecule has 0 aliphatic rings. The lowest BCUT2D eigenvalue weighted by Gasteiger charge is -2.21. The smallest absolute Gasteiger partial charge is 0.241 e. The Morgan fingerprint density at radius 1 is 0.550 bits per heavy atom. The lowest BCUT2D eigenvalue weighted by molar-refractivity contribution is -0.00244. The Balaban J connectivity index is 1.48. The second kappa shape index (κ2) is 12.4. The fourth-order valence-electron chi connectivity index (χ4n) is 3.92. The van der Waals surface area contributed by atoms with Gasteiger partial charge < -0.3 is 19.7 Å². The first kappa shape index (κ1) is 29.0. The maximum Gasteiger partial charge on any atom is 0.241 e. The van der Waals surface area contributed by atoms with E-state index < -0.39 is 26.0 Å². The summed E-state index contributed by atoms with van der Waals surface area (Å²) in [6, 6.07) is 22.6. The molecule has 8 nitrogen and oxygen atoms in total. The van der Waals surface area contributed by atoms with Gasteiger partial charge in [0.2, 0.25) is 26.0 Å². The number of sulfone groups is 2. The fraction of sp³-hybridized carbons (Fsp3) is 0.200. The van der Waals surface area contributed by atoms with Crippen LogP contribution in [0.5, 0.6) is 23.0 Å². The minimum atomic E-state index is -3.76. The second-order valence-corrected chi connectivity index (χ2v) is 13.0. The van der Waals surface area contributed by atoms with E-state index in [0.717, 1.165) is 19.3 Å². The molecule has 4 rings (SSSR count). The van der Waals surface area contributed by atoms with Crippen LogP contribution in [0, 0.1) is 0 Å². The van der Waals surface area contributed by atoms with Crippen LogP contribution in [0.4, 0.5) is 0 Å². The van der Waals surface area contributed by atoms with Crippen molar-refractivity contribution in [2.45, 2.75) is 58.5 Å². The maximum atomic E-state index is 12.9. The van der Waals surface area contributed by atoms with E-state index in [1.807, 2.05) is 0 Å². The lowest BCUT2D eigenvalue weighted by atomic mass is 10.2. The number of ether oxygens (including phenoxy) is 2. The highest BCUT2D eigenvalue weighted by atomic mass is 32.2. The van der Waals surface area contributed by atoms with E-state index >= 15 is 0 Å². The summed E-state index contributed by atoms with van der Waals surface area (Å²) in [5.74, 6) is 0.784. The normalized spacial score (nSPS) is 11.8. The lowest BCUT2D eigenvalue weighted by Crippen LogP contribution is -2.24. The number of unbranched alkanes of at least 4 members (excludes halogenated alkanes) is 2. The standard InChI is InChI=1S/C30H30O8S2/c1-2-3-4-5-30(37-24-10-18-28(19-11-24)39(33,34)26-14-6-22(31)7-15-26)38-25-12-20-29(21-13-25)40(35,36)27-16-8-23(32)9-17-27/h6-21,30-32H,2-5H2,1H3. The van der Waals surface area contributed by atoms with Crippen molar-refractivity contribution in [2.24, 2.45) is 0 Å². The fourth-order valence-corrected chi connectivity index (χ4v) is 6.45. The average molecular weight is 583 g/mol. The Morgan fingerprint density at radius 3 is 1.20 bits per heavy atom. The molecule has 0 spiro atoms. The van der Waals surface area contributed by atoms with Gasteiger partial charge in [-0.3, -0.25) is 0 Å². The summed E-state index contributed by atoms with van der Waals surface area (Å²) in [6.45, 7) is 2.08. The molecule has 10 heteroatoms. The predicted molar refractivity (Wildman–Crippen MR) is 149 cm³/mol. The molecule has 0 atom stereocenters. The summed E-state index contributed by atoms with van der Waals surface area (Å²) >= 11 is 0. The molecular formula is C30H30O8S2. The molecule has 0 fully saturated rings. The third kappa shape index (κ3) is 6.94. The molecule has 0 unspecified atom stereocenters. The highest BCUT2D eigenvalue weighted by Gasteiger charge is 2.20. The number of benzene rings is 4. The topological polar surface area (TPSA) is 127 Å². The monoisotopic (exact) mass is 582 g/mol. The zero-order chi connectivity index (χ0) is 28.8. The Bertz CT molecular complexity index is 1490. The third-order valence-corrected chi connectivity index (χ3v) is 9.71. The van der Waals surface area contributed by atoms with Crippen molar-refractivity contribution in [2.75, 3.05) is 0 Å². The van der Waals surface area contributed by atoms with E-state index in [-0.39, 0.29) is 31.1 Å². The molecule has 0 aliphatic heterocycles. The first-order valence-electron chi connectivity index (χ1n) is 12.7. The third-order valence-electron chi connectivity index (χ3n) is 6.14. The number of phenols is 2. The van der Waals surface area contributed by atoms with Crippen LogP contribution in [0.2, 0.25) is 0 Å². The van der Waals surface area contributed by atoms with Crippen LogP contribution in [-0.4, -0.2) is 33.3 Å². The molecule has 0 amide bonds. The molecule has 4 aromatic carbocycles. The predicted octanol–water partition coefficient (Wildman–Crippen LogP) is 6.13. The highest BCUT2D eigenvalue weighted by Crippen LogP contribution is 2.28. The number of rotatable bonds is 12. The SMILES string of the molecule is CCCCCC(Oc1ccc(S(=O)(=O)c2ccc(O)cc2)cc1)Oc1ccc(S(=O)(=O)c2ccc(O)cc2)cc1. The van der Waals surface area contributed by atoms with Crippen molar-refractivity contribution < 1.29 is 36.5 Å². The Hall–Kier alpha value is -4.02. The van der Waals surface area contributed by atoms with Gasteiger partial charge in [-0.15, -0.1) is 0 Å². The van der Waals surface area contributed by atoms with E-state index in [1.165, 1.54) is 72.8 Å². The van der Waals surface area contributed by atoms with Gasteiger partial charge in [0.05, 0.1) is 19.6 Å². The van der Waals surface area contributed by atoms with Gasteiger partial charge in [-0.1, -0.05) is 19.8 Å². The second-order valence-electron chi connectivity index (χ2n) is 9.10. The van der Waals surface area contributed by atoms with E-state index in [0.29, 0.717) is 17.9 Å². The van der Waals surface area contributed by atoms with Gasteiger partial charge in [0.25, 0.3) is 0 Å². The van der Waals surface area contributed by atoms with Gasteiger partial charge >= 0.3 is 0 Å². The van der Waals surface area contributed by atoms with Gasteiger partial charge in [-0.2, -0.15) is 0 Å². The minimum Gasteiger partial charge on any atom is -0.508 e. The van der Waals surface area contributed by atoms with Crippen LogP contribution < -0.4 is 9.47 Å². The van der Waals surface area contributed by atoms with Crippen LogP contribution >= 0.6 is 0 Å². The molecule has 0 saturated carbocycles. The van der Waals surface area contributed by atoms with Crippen LogP contribution in [0.1, 0.15) is 32.6 Å². The molecular weight excluding hydrogens is 552 g/mol. The molecule has 0 aliphatic carbocycles. The molecule has 210 valence electrons. The van der Waals surface area contributed by atoms with Gasteiger partial charge in [0.15, 0.2) is 0 Å². The van der Waals surface area contributed by atoms with Crippen molar-refractivity contribution in [3.63, 3.8) is 0 Å². The maximum absolute atomic E-state index is 12.9. The van der Waals surface area contributed by atoms with Crippen molar-refractivity contribution in [3.05, 3.63) is 97.1 Å². The van der Waals surface area contributed by atoms with Crippen molar-refractivity contribution in [1.29, 1.82) is 0 Å². The molecule has 2 N–H and O–H groups in total. The highest BCUT2D eigenvalue weighted by molar-refractivity contribution is 7.91. The molecule has 0 heterocycles. The molecule has 4 aromatic rings. The summed E-state index contributed by atoms with van der Waals surface area (Å²) in [6.07, 6.45) is 2.68. The molecule has 0 radical (unpaired) electrons. The zero-order valence-electron chi connectivity index (χ0n) is 21.8. The van der Waals surface area contributed by atoms with E-state index in [1.54, 1.807) is 24.3 Å². The molecule has 40 heavy (non-hydrogen) atoms. The Kier molecular flexibility index (Phi) is 9.01. The van der Waals surface area contributed by atoms with Gasteiger partial charge in [0.1, 0.15) is 23.0 Å².